The Morgan fingerprint density at radius 2 is 1.43 bits per heavy atom. The van der Waals surface area contributed by atoms with Gasteiger partial charge in [0, 0.05) is 36.5 Å². The Bertz CT molecular complexity index is 1570. The van der Waals surface area contributed by atoms with Crippen molar-refractivity contribution in [2.75, 3.05) is 6.54 Å². The number of phenols is 1. The third kappa shape index (κ3) is 10.5. The van der Waals surface area contributed by atoms with Gasteiger partial charge in [0.1, 0.15) is 23.9 Å². The van der Waals surface area contributed by atoms with Crippen molar-refractivity contribution in [3.05, 3.63) is 65.9 Å². The fourth-order valence-corrected chi connectivity index (χ4v) is 4.70. The zero-order valence-corrected chi connectivity index (χ0v) is 24.9. The maximum atomic E-state index is 13.8. The number of H-pyrrole nitrogens is 1. The van der Waals surface area contributed by atoms with E-state index in [1.165, 1.54) is 12.1 Å². The topological polar surface area (TPSA) is 294 Å². The standard InChI is InChI=1S/C30H39N9O7/c31-20(14-25(32)41)26(42)38-24(13-17-15-36-21-5-2-1-4-19(17)21)28(44)39-23(12-16-7-9-18(40)10-8-16)27(43)37-22(29(45)46)6-3-11-35-30(33)34/h1-2,4-5,7-10,15,20,22-24,36,40H,3,6,11-14,31H2,(H2,32,41)(H,37,43)(H,38,42)(H,39,44)(H,45,46)(H4,33,34,35). The largest absolute Gasteiger partial charge is 0.508 e. The number of guanidine groups is 1. The summed E-state index contributed by atoms with van der Waals surface area (Å²) in [5.41, 5.74) is 23.6. The van der Waals surface area contributed by atoms with Crippen LogP contribution in [0.25, 0.3) is 10.9 Å². The third-order valence-corrected chi connectivity index (χ3v) is 7.06. The molecule has 4 atom stereocenters. The number of rotatable bonds is 17. The van der Waals surface area contributed by atoms with Crippen molar-refractivity contribution >= 4 is 46.5 Å². The number of nitrogens with zero attached hydrogens (tertiary/aromatic N) is 1. The van der Waals surface area contributed by atoms with Crippen molar-refractivity contribution in [2.24, 2.45) is 27.9 Å². The fraction of sp³-hybridized carbons (Fsp3) is 0.333. The quantitative estimate of drug-likeness (QED) is 0.0462. The molecule has 0 spiro atoms. The predicted molar refractivity (Wildman–Crippen MR) is 169 cm³/mol. The SMILES string of the molecule is NC(=O)CC(N)C(=O)NC(Cc1c[nH]c2ccccc12)C(=O)NC(Cc1ccc(O)cc1)C(=O)NC(CCCN=C(N)N)C(=O)O. The molecule has 0 aliphatic rings. The van der Waals surface area contributed by atoms with Gasteiger partial charge in [0.25, 0.3) is 0 Å². The number of carbonyl (C=O) groups is 5. The van der Waals surface area contributed by atoms with Crippen LogP contribution >= 0.6 is 0 Å². The number of aromatic amines is 1. The number of aromatic hydroxyl groups is 1. The number of aromatic nitrogens is 1. The van der Waals surface area contributed by atoms with Crippen molar-refractivity contribution in [3.8, 4) is 5.75 Å². The Labute approximate surface area is 264 Å². The van der Waals surface area contributed by atoms with E-state index in [4.69, 9.17) is 22.9 Å². The first kappa shape index (κ1) is 34.8. The molecule has 0 radical (unpaired) electrons. The highest BCUT2D eigenvalue weighted by atomic mass is 16.4. The highest BCUT2D eigenvalue weighted by Crippen LogP contribution is 2.20. The van der Waals surface area contributed by atoms with E-state index in [1.807, 2.05) is 24.3 Å². The molecule has 4 amide bonds. The van der Waals surface area contributed by atoms with Crippen LogP contribution in [0.1, 0.15) is 30.4 Å². The summed E-state index contributed by atoms with van der Waals surface area (Å²) in [5.74, 6) is -4.68. The molecule has 16 heteroatoms. The van der Waals surface area contributed by atoms with Gasteiger partial charge in [-0.25, -0.2) is 4.79 Å². The summed E-state index contributed by atoms with van der Waals surface area (Å²) in [4.78, 5) is 70.4. The number of para-hydroxylation sites is 1. The van der Waals surface area contributed by atoms with E-state index < -0.39 is 60.2 Å². The Balaban J connectivity index is 1.88. The molecule has 0 aliphatic carbocycles. The van der Waals surface area contributed by atoms with E-state index in [2.05, 4.69) is 25.9 Å². The highest BCUT2D eigenvalue weighted by Gasteiger charge is 2.31. The minimum atomic E-state index is -1.33. The molecular weight excluding hydrogens is 598 g/mol. The van der Waals surface area contributed by atoms with Crippen LogP contribution in [0.5, 0.6) is 5.75 Å². The van der Waals surface area contributed by atoms with Crippen molar-refractivity contribution in [1.29, 1.82) is 0 Å². The summed E-state index contributed by atoms with van der Waals surface area (Å²) in [7, 11) is 0. The lowest BCUT2D eigenvalue weighted by atomic mass is 10.0. The predicted octanol–water partition coefficient (Wildman–Crippen LogP) is -1.55. The van der Waals surface area contributed by atoms with Crippen LogP contribution in [0.4, 0.5) is 0 Å². The van der Waals surface area contributed by atoms with E-state index in [9.17, 15) is 34.2 Å². The van der Waals surface area contributed by atoms with Crippen molar-refractivity contribution in [3.63, 3.8) is 0 Å². The number of phenolic OH excluding ortho intramolecular Hbond substituents is 1. The second kappa shape index (κ2) is 16.4. The number of primary amides is 1. The molecule has 0 aliphatic heterocycles. The summed E-state index contributed by atoms with van der Waals surface area (Å²) in [6, 6.07) is 7.96. The van der Waals surface area contributed by atoms with Gasteiger partial charge in [0.2, 0.25) is 23.6 Å². The minimum absolute atomic E-state index is 0.00523. The van der Waals surface area contributed by atoms with Crippen molar-refractivity contribution in [1.82, 2.24) is 20.9 Å². The number of amides is 4. The van der Waals surface area contributed by atoms with Gasteiger partial charge in [-0.05, 0) is 42.2 Å². The van der Waals surface area contributed by atoms with Crippen LogP contribution < -0.4 is 38.9 Å². The van der Waals surface area contributed by atoms with Gasteiger partial charge < -0.3 is 54.1 Å². The second-order valence-corrected chi connectivity index (χ2v) is 10.7. The molecule has 3 aromatic rings. The number of fused-ring (bicyclic) bond motifs is 1. The fourth-order valence-electron chi connectivity index (χ4n) is 4.70. The third-order valence-electron chi connectivity index (χ3n) is 7.06. The van der Waals surface area contributed by atoms with Gasteiger partial charge in [0.15, 0.2) is 5.96 Å². The molecule has 46 heavy (non-hydrogen) atoms. The van der Waals surface area contributed by atoms with Gasteiger partial charge in [-0.3, -0.25) is 24.2 Å². The summed E-state index contributed by atoms with van der Waals surface area (Å²) >= 11 is 0. The number of nitrogens with two attached hydrogens (primary N) is 4. The average molecular weight is 638 g/mol. The summed E-state index contributed by atoms with van der Waals surface area (Å²) in [5, 5.41) is 27.9. The van der Waals surface area contributed by atoms with Gasteiger partial charge in [-0.15, -0.1) is 0 Å². The molecular formula is C30H39N9O7. The first-order valence-electron chi connectivity index (χ1n) is 14.4. The number of benzene rings is 2. The van der Waals surface area contributed by atoms with Crippen LogP contribution in [0, 0.1) is 0 Å². The van der Waals surface area contributed by atoms with Crippen molar-refractivity contribution < 1.29 is 34.2 Å². The van der Waals surface area contributed by atoms with E-state index in [0.29, 0.717) is 11.1 Å². The van der Waals surface area contributed by atoms with Crippen LogP contribution in [0.3, 0.4) is 0 Å². The average Bonchev–Trinajstić information content (AvgIpc) is 3.40. The van der Waals surface area contributed by atoms with Crippen LogP contribution in [0.2, 0.25) is 0 Å². The molecule has 0 saturated carbocycles. The molecule has 16 nitrogen and oxygen atoms in total. The summed E-state index contributed by atoms with van der Waals surface area (Å²) in [6.07, 6.45) is 1.34. The van der Waals surface area contributed by atoms with Crippen LogP contribution in [-0.2, 0) is 36.8 Å². The minimum Gasteiger partial charge on any atom is -0.508 e. The molecule has 2 aromatic carbocycles. The molecule has 4 unspecified atom stereocenters. The molecule has 1 aromatic heterocycles. The lowest BCUT2D eigenvalue weighted by molar-refractivity contribution is -0.142. The number of carboxylic acid groups (broad SMARTS) is 1. The molecule has 0 fully saturated rings. The Morgan fingerprint density at radius 1 is 0.826 bits per heavy atom. The van der Waals surface area contributed by atoms with E-state index in [1.54, 1.807) is 18.3 Å². The first-order chi connectivity index (χ1) is 21.8. The summed E-state index contributed by atoms with van der Waals surface area (Å²) < 4.78 is 0. The zero-order chi connectivity index (χ0) is 33.8. The number of nitrogens with one attached hydrogen (secondary N) is 4. The number of carbonyl (C=O) groups excluding carboxylic acids is 4. The zero-order valence-electron chi connectivity index (χ0n) is 24.9. The lowest BCUT2D eigenvalue weighted by Crippen LogP contribution is -2.58. The van der Waals surface area contributed by atoms with Crippen LogP contribution in [0.15, 0.2) is 59.7 Å². The van der Waals surface area contributed by atoms with Gasteiger partial charge in [-0.2, -0.15) is 0 Å². The van der Waals surface area contributed by atoms with E-state index in [0.717, 1.165) is 10.9 Å². The Hall–Kier alpha value is -5.64. The molecule has 3 rings (SSSR count). The maximum Gasteiger partial charge on any atom is 0.326 e. The molecule has 246 valence electrons. The van der Waals surface area contributed by atoms with Crippen molar-refractivity contribution in [2.45, 2.75) is 56.3 Å². The van der Waals surface area contributed by atoms with Gasteiger partial charge in [-0.1, -0.05) is 30.3 Å². The summed E-state index contributed by atoms with van der Waals surface area (Å²) in [6.45, 7) is 0.142. The number of aliphatic carboxylic acids is 1. The number of carboxylic acids is 1. The van der Waals surface area contributed by atoms with E-state index >= 15 is 0 Å². The number of aliphatic imine (C=N–C) groups is 1. The number of hydrogen-bond acceptors (Lipinski definition) is 8. The lowest BCUT2D eigenvalue weighted by Gasteiger charge is -2.25. The molecule has 1 heterocycles. The molecule has 14 N–H and O–H groups in total. The monoisotopic (exact) mass is 637 g/mol. The molecule has 0 bridgehead atoms. The molecule has 0 saturated heterocycles. The first-order valence-corrected chi connectivity index (χ1v) is 14.4. The maximum absolute atomic E-state index is 13.8. The Kier molecular flexibility index (Phi) is 12.5. The Morgan fingerprint density at radius 3 is 2.07 bits per heavy atom. The van der Waals surface area contributed by atoms with Gasteiger partial charge in [0.05, 0.1) is 12.5 Å². The smallest absolute Gasteiger partial charge is 0.326 e. The van der Waals surface area contributed by atoms with Gasteiger partial charge >= 0.3 is 5.97 Å². The highest BCUT2D eigenvalue weighted by molar-refractivity contribution is 5.96. The van der Waals surface area contributed by atoms with Crippen LogP contribution in [-0.4, -0.2) is 81.5 Å². The van der Waals surface area contributed by atoms with E-state index in [-0.39, 0.29) is 43.9 Å². The number of hydrogen-bond donors (Lipinski definition) is 10. The normalized spacial score (nSPS) is 13.5. The second-order valence-electron chi connectivity index (χ2n) is 10.7.